The molecule has 0 atom stereocenters. The maximum absolute atomic E-state index is 12.2. The largest absolute Gasteiger partial charge is 0.298 e. The molecule has 0 saturated carbocycles. The summed E-state index contributed by atoms with van der Waals surface area (Å²) in [5.41, 5.74) is 3.25. The molecule has 0 unspecified atom stereocenters. The number of benzene rings is 2. The van der Waals surface area contributed by atoms with Gasteiger partial charge in [-0.25, -0.2) is 4.68 Å². The molecule has 3 aromatic rings. The van der Waals surface area contributed by atoms with Crippen molar-refractivity contribution in [2.24, 2.45) is 0 Å². The van der Waals surface area contributed by atoms with Gasteiger partial charge in [-0.2, -0.15) is 5.10 Å². The van der Waals surface area contributed by atoms with Gasteiger partial charge in [0.1, 0.15) is 5.69 Å². The molecule has 0 N–H and O–H groups in total. The van der Waals surface area contributed by atoms with Crippen LogP contribution in [-0.2, 0) is 0 Å². The maximum atomic E-state index is 12.2. The first-order chi connectivity index (χ1) is 11.0. The van der Waals surface area contributed by atoms with Crippen LogP contribution in [0.4, 0.5) is 0 Å². The van der Waals surface area contributed by atoms with Crippen molar-refractivity contribution in [1.82, 2.24) is 9.78 Å². The fourth-order valence-electron chi connectivity index (χ4n) is 2.25. The second-order valence-corrected chi connectivity index (χ2v) is 7.15. The van der Waals surface area contributed by atoms with Crippen LogP contribution in [0.1, 0.15) is 4.79 Å². The van der Waals surface area contributed by atoms with Gasteiger partial charge in [-0.15, -0.1) is 0 Å². The minimum atomic E-state index is -2.06. The average Bonchev–Trinajstić information content (AvgIpc) is 3.00. The summed E-state index contributed by atoms with van der Waals surface area (Å²) in [5, 5.41) is 4.34. The Morgan fingerprint density at radius 1 is 0.870 bits per heavy atom. The zero-order valence-electron chi connectivity index (χ0n) is 11.8. The van der Waals surface area contributed by atoms with E-state index in [0.717, 1.165) is 21.4 Å². The van der Waals surface area contributed by atoms with E-state index in [4.69, 9.17) is 34.8 Å². The summed E-state index contributed by atoms with van der Waals surface area (Å²) in [6.45, 7) is 0. The fraction of sp³-hybridized carbons (Fsp3) is 0.0588. The second-order valence-electron chi connectivity index (χ2n) is 4.87. The van der Waals surface area contributed by atoms with Crippen LogP contribution in [-0.4, -0.2) is 19.5 Å². The monoisotopic (exact) mass is 364 g/mol. The zero-order valence-corrected chi connectivity index (χ0v) is 14.1. The fourth-order valence-corrected chi connectivity index (χ4v) is 2.51. The Morgan fingerprint density at radius 2 is 1.39 bits per heavy atom. The molecule has 0 amide bonds. The maximum Gasteiger partial charge on any atom is 0.298 e. The van der Waals surface area contributed by atoms with Crippen molar-refractivity contribution in [2.45, 2.75) is 3.79 Å². The van der Waals surface area contributed by atoms with E-state index in [9.17, 15) is 4.79 Å². The van der Waals surface area contributed by atoms with Gasteiger partial charge in [-0.3, -0.25) is 4.79 Å². The lowest BCUT2D eigenvalue weighted by Gasteiger charge is -2.07. The van der Waals surface area contributed by atoms with Crippen LogP contribution in [0.5, 0.6) is 0 Å². The molecule has 3 nitrogen and oxygen atoms in total. The third-order valence-corrected chi connectivity index (χ3v) is 3.78. The molecule has 3 rings (SSSR count). The van der Waals surface area contributed by atoms with Gasteiger partial charge in [0.15, 0.2) is 0 Å². The highest BCUT2D eigenvalue weighted by atomic mass is 35.6. The second kappa shape index (κ2) is 6.36. The van der Waals surface area contributed by atoms with E-state index >= 15 is 0 Å². The first kappa shape index (κ1) is 16.1. The van der Waals surface area contributed by atoms with Crippen molar-refractivity contribution in [3.05, 3.63) is 66.9 Å². The van der Waals surface area contributed by atoms with E-state index in [1.807, 2.05) is 60.7 Å². The molecule has 0 spiro atoms. The van der Waals surface area contributed by atoms with Crippen LogP contribution in [0.25, 0.3) is 22.4 Å². The highest BCUT2D eigenvalue weighted by Crippen LogP contribution is 2.33. The molecule has 0 saturated heterocycles. The summed E-state index contributed by atoms with van der Waals surface area (Å²) in [5.74, 6) is -0.720. The summed E-state index contributed by atoms with van der Waals surface area (Å²) >= 11 is 17.1. The third kappa shape index (κ3) is 3.42. The first-order valence-electron chi connectivity index (χ1n) is 6.79. The third-order valence-electron chi connectivity index (χ3n) is 3.30. The number of rotatable bonds is 2. The van der Waals surface area contributed by atoms with Gasteiger partial charge >= 0.3 is 0 Å². The molecule has 0 aliphatic rings. The molecular formula is C17H11Cl3N2O. The number of alkyl halides is 3. The lowest BCUT2D eigenvalue weighted by atomic mass is 10.0. The van der Waals surface area contributed by atoms with Crippen LogP contribution >= 0.6 is 34.8 Å². The Balaban J connectivity index is 2.18. The Kier molecular flexibility index (Phi) is 4.44. The van der Waals surface area contributed by atoms with E-state index < -0.39 is 9.70 Å². The van der Waals surface area contributed by atoms with Crippen molar-refractivity contribution < 1.29 is 4.79 Å². The van der Waals surface area contributed by atoms with Crippen molar-refractivity contribution >= 4 is 40.7 Å². The number of nitrogens with zero attached hydrogens (tertiary/aromatic N) is 2. The Hall–Kier alpha value is -1.81. The number of carbonyl (C=O) groups is 1. The Morgan fingerprint density at radius 3 is 1.91 bits per heavy atom. The van der Waals surface area contributed by atoms with Gasteiger partial charge in [-0.05, 0) is 5.56 Å². The smallest absolute Gasteiger partial charge is 0.268 e. The molecule has 0 radical (unpaired) electrons. The molecular weight excluding hydrogens is 355 g/mol. The standard InChI is InChI=1S/C17H11Cl3N2O/c18-17(19,20)16(23)22-11-14(12-7-3-1-4-8-12)15(21-22)13-9-5-2-6-10-13/h1-11H. The molecule has 0 aliphatic carbocycles. The zero-order chi connectivity index (χ0) is 16.4. The van der Waals surface area contributed by atoms with E-state index in [2.05, 4.69) is 5.10 Å². The molecule has 2 aromatic carbocycles. The van der Waals surface area contributed by atoms with Crippen LogP contribution in [0, 0.1) is 0 Å². The van der Waals surface area contributed by atoms with Gasteiger partial charge in [0.25, 0.3) is 9.70 Å². The number of hydrogen-bond acceptors (Lipinski definition) is 2. The summed E-state index contributed by atoms with van der Waals surface area (Å²) in [6, 6.07) is 19.2. The van der Waals surface area contributed by atoms with Crippen LogP contribution in [0.15, 0.2) is 66.9 Å². The lowest BCUT2D eigenvalue weighted by Crippen LogP contribution is -2.26. The normalized spacial score (nSPS) is 11.4. The molecule has 116 valence electrons. The van der Waals surface area contributed by atoms with E-state index in [0.29, 0.717) is 5.69 Å². The molecule has 6 heteroatoms. The molecule has 0 aliphatic heterocycles. The quantitative estimate of drug-likeness (QED) is 0.583. The van der Waals surface area contributed by atoms with Crippen LogP contribution < -0.4 is 0 Å². The van der Waals surface area contributed by atoms with Crippen molar-refractivity contribution in [3.63, 3.8) is 0 Å². The summed E-state index contributed by atoms with van der Waals surface area (Å²) in [6.07, 6.45) is 1.59. The minimum absolute atomic E-state index is 0.652. The molecule has 23 heavy (non-hydrogen) atoms. The van der Waals surface area contributed by atoms with Gasteiger partial charge in [0, 0.05) is 17.3 Å². The predicted molar refractivity (Wildman–Crippen MR) is 94.0 cm³/mol. The highest BCUT2D eigenvalue weighted by Gasteiger charge is 2.33. The van der Waals surface area contributed by atoms with Crippen molar-refractivity contribution in [2.75, 3.05) is 0 Å². The van der Waals surface area contributed by atoms with Gasteiger partial charge in [0.2, 0.25) is 0 Å². The van der Waals surface area contributed by atoms with Gasteiger partial charge < -0.3 is 0 Å². The molecule has 1 aromatic heterocycles. The predicted octanol–water partition coefficient (Wildman–Crippen LogP) is 5.23. The van der Waals surface area contributed by atoms with E-state index in [-0.39, 0.29) is 0 Å². The molecule has 1 heterocycles. The van der Waals surface area contributed by atoms with Gasteiger partial charge in [0.05, 0.1) is 0 Å². The Labute approximate surface area is 148 Å². The van der Waals surface area contributed by atoms with E-state index in [1.165, 1.54) is 0 Å². The van der Waals surface area contributed by atoms with Gasteiger partial charge in [-0.1, -0.05) is 95.5 Å². The summed E-state index contributed by atoms with van der Waals surface area (Å²) in [4.78, 5) is 12.2. The summed E-state index contributed by atoms with van der Waals surface area (Å²) < 4.78 is -0.981. The number of aromatic nitrogens is 2. The topological polar surface area (TPSA) is 34.9 Å². The number of halogens is 3. The minimum Gasteiger partial charge on any atom is -0.268 e. The molecule has 0 bridgehead atoms. The van der Waals surface area contributed by atoms with Crippen molar-refractivity contribution in [3.8, 4) is 22.4 Å². The Bertz CT molecular complexity index is 767. The molecule has 0 fully saturated rings. The first-order valence-corrected chi connectivity index (χ1v) is 7.92. The van der Waals surface area contributed by atoms with Crippen LogP contribution in [0.2, 0.25) is 0 Å². The number of hydrogen-bond donors (Lipinski definition) is 0. The lowest BCUT2D eigenvalue weighted by molar-refractivity contribution is 0.0902. The highest BCUT2D eigenvalue weighted by molar-refractivity contribution is 6.76. The summed E-state index contributed by atoms with van der Waals surface area (Å²) in [7, 11) is 0. The van der Waals surface area contributed by atoms with Crippen molar-refractivity contribution in [1.29, 1.82) is 0 Å². The number of carbonyl (C=O) groups excluding carboxylic acids is 1. The average molecular weight is 366 g/mol. The van der Waals surface area contributed by atoms with Crippen LogP contribution in [0.3, 0.4) is 0 Å². The SMILES string of the molecule is O=C(n1cc(-c2ccccc2)c(-c2ccccc2)n1)C(Cl)(Cl)Cl. The van der Waals surface area contributed by atoms with E-state index in [1.54, 1.807) is 6.20 Å².